The normalized spacial score (nSPS) is 25.4. The van der Waals surface area contributed by atoms with Gasteiger partial charge in [0.25, 0.3) is 0 Å². The topological polar surface area (TPSA) is 53.4 Å². The van der Waals surface area contributed by atoms with E-state index < -0.39 is 6.09 Å². The van der Waals surface area contributed by atoms with Crippen LogP contribution in [0, 0.1) is 0 Å². The fourth-order valence-corrected chi connectivity index (χ4v) is 2.38. The van der Waals surface area contributed by atoms with Crippen LogP contribution in [0.4, 0.5) is 4.79 Å². The highest BCUT2D eigenvalue weighted by atomic mass is 16.4. The molecule has 0 saturated carbocycles. The SMILES string of the molecule is CC1CC(c2cccnc2)CCN1C(=O)O. The summed E-state index contributed by atoms with van der Waals surface area (Å²) >= 11 is 0. The predicted molar refractivity (Wildman–Crippen MR) is 60.4 cm³/mol. The van der Waals surface area contributed by atoms with E-state index in [1.54, 1.807) is 6.20 Å². The Balaban J connectivity index is 2.05. The molecule has 1 aliphatic heterocycles. The molecule has 4 nitrogen and oxygen atoms in total. The zero-order chi connectivity index (χ0) is 11.5. The smallest absolute Gasteiger partial charge is 0.407 e. The molecule has 2 heterocycles. The van der Waals surface area contributed by atoms with Crippen molar-refractivity contribution in [2.75, 3.05) is 6.54 Å². The molecule has 86 valence electrons. The number of hydrogen-bond acceptors (Lipinski definition) is 2. The summed E-state index contributed by atoms with van der Waals surface area (Å²) < 4.78 is 0. The lowest BCUT2D eigenvalue weighted by Gasteiger charge is -2.35. The molecule has 0 aromatic carbocycles. The molecule has 2 atom stereocenters. The third-order valence-electron chi connectivity index (χ3n) is 3.28. The zero-order valence-electron chi connectivity index (χ0n) is 9.34. The molecule has 1 aromatic rings. The summed E-state index contributed by atoms with van der Waals surface area (Å²) in [5, 5.41) is 8.98. The minimum absolute atomic E-state index is 0.0939. The average molecular weight is 220 g/mol. The molecule has 1 amide bonds. The Morgan fingerprint density at radius 1 is 1.62 bits per heavy atom. The van der Waals surface area contributed by atoms with E-state index in [-0.39, 0.29) is 6.04 Å². The lowest BCUT2D eigenvalue weighted by atomic mass is 9.87. The lowest BCUT2D eigenvalue weighted by molar-refractivity contribution is 0.107. The number of hydrogen-bond donors (Lipinski definition) is 1. The molecule has 16 heavy (non-hydrogen) atoms. The Labute approximate surface area is 94.9 Å². The zero-order valence-corrected chi connectivity index (χ0v) is 9.34. The van der Waals surface area contributed by atoms with Gasteiger partial charge in [-0.25, -0.2) is 4.79 Å². The standard InChI is InChI=1S/C12H16N2O2/c1-9-7-10(4-6-14(9)12(15)16)11-3-2-5-13-8-11/h2-3,5,8-10H,4,6-7H2,1H3,(H,15,16). The molecule has 1 aromatic heterocycles. The molecule has 0 radical (unpaired) electrons. The summed E-state index contributed by atoms with van der Waals surface area (Å²) in [7, 11) is 0. The molecular formula is C12H16N2O2. The van der Waals surface area contributed by atoms with E-state index in [2.05, 4.69) is 11.1 Å². The number of amides is 1. The molecule has 0 aliphatic carbocycles. The van der Waals surface area contributed by atoms with Crippen LogP contribution in [0.2, 0.25) is 0 Å². The van der Waals surface area contributed by atoms with Crippen LogP contribution in [0.15, 0.2) is 24.5 Å². The van der Waals surface area contributed by atoms with Crippen LogP contribution in [-0.2, 0) is 0 Å². The van der Waals surface area contributed by atoms with Crippen LogP contribution in [0.1, 0.15) is 31.2 Å². The molecule has 1 N–H and O–H groups in total. The van der Waals surface area contributed by atoms with Crippen molar-refractivity contribution in [3.05, 3.63) is 30.1 Å². The number of carboxylic acid groups (broad SMARTS) is 1. The van der Waals surface area contributed by atoms with Gasteiger partial charge in [0, 0.05) is 25.0 Å². The Bertz CT molecular complexity index is 367. The van der Waals surface area contributed by atoms with Crippen molar-refractivity contribution in [3.8, 4) is 0 Å². The second kappa shape index (κ2) is 4.51. The summed E-state index contributed by atoms with van der Waals surface area (Å²) in [6.07, 6.45) is 4.62. The van der Waals surface area contributed by atoms with E-state index in [9.17, 15) is 4.79 Å². The number of likely N-dealkylation sites (tertiary alicyclic amines) is 1. The van der Waals surface area contributed by atoms with Crippen LogP contribution >= 0.6 is 0 Å². The number of rotatable bonds is 1. The van der Waals surface area contributed by atoms with Gasteiger partial charge in [-0.15, -0.1) is 0 Å². The maximum atomic E-state index is 10.9. The highest BCUT2D eigenvalue weighted by Gasteiger charge is 2.29. The molecule has 2 unspecified atom stereocenters. The largest absolute Gasteiger partial charge is 0.465 e. The Hall–Kier alpha value is -1.58. The third-order valence-corrected chi connectivity index (χ3v) is 3.28. The molecule has 0 spiro atoms. The third kappa shape index (κ3) is 2.15. The number of piperidine rings is 1. The second-order valence-corrected chi connectivity index (χ2v) is 4.33. The average Bonchev–Trinajstić information content (AvgIpc) is 2.29. The van der Waals surface area contributed by atoms with Gasteiger partial charge in [0.05, 0.1) is 0 Å². The highest BCUT2D eigenvalue weighted by molar-refractivity contribution is 5.65. The molecule has 0 bridgehead atoms. The maximum absolute atomic E-state index is 10.9. The van der Waals surface area contributed by atoms with E-state index >= 15 is 0 Å². The second-order valence-electron chi connectivity index (χ2n) is 4.33. The van der Waals surface area contributed by atoms with Gasteiger partial charge in [-0.2, -0.15) is 0 Å². The maximum Gasteiger partial charge on any atom is 0.407 e. The number of aromatic nitrogens is 1. The van der Waals surface area contributed by atoms with Crippen LogP contribution in [0.25, 0.3) is 0 Å². The van der Waals surface area contributed by atoms with Crippen LogP contribution < -0.4 is 0 Å². The van der Waals surface area contributed by atoms with Crippen molar-refractivity contribution in [2.24, 2.45) is 0 Å². The minimum atomic E-state index is -0.808. The predicted octanol–water partition coefficient (Wildman–Crippen LogP) is 2.33. The first-order valence-corrected chi connectivity index (χ1v) is 5.58. The van der Waals surface area contributed by atoms with Crippen molar-refractivity contribution in [1.29, 1.82) is 0 Å². The summed E-state index contributed by atoms with van der Waals surface area (Å²) in [5.41, 5.74) is 1.22. The van der Waals surface area contributed by atoms with E-state index in [0.717, 1.165) is 12.8 Å². The Morgan fingerprint density at radius 2 is 2.44 bits per heavy atom. The highest BCUT2D eigenvalue weighted by Crippen LogP contribution is 2.30. The van der Waals surface area contributed by atoms with Crippen LogP contribution in [-0.4, -0.2) is 33.7 Å². The molecule has 2 rings (SSSR count). The molecule has 1 saturated heterocycles. The first-order chi connectivity index (χ1) is 7.68. The van der Waals surface area contributed by atoms with Crippen molar-refractivity contribution in [3.63, 3.8) is 0 Å². The van der Waals surface area contributed by atoms with E-state index in [0.29, 0.717) is 12.5 Å². The van der Waals surface area contributed by atoms with Gasteiger partial charge in [0.1, 0.15) is 0 Å². The quantitative estimate of drug-likeness (QED) is 0.790. The van der Waals surface area contributed by atoms with Gasteiger partial charge in [-0.3, -0.25) is 4.98 Å². The van der Waals surface area contributed by atoms with Gasteiger partial charge < -0.3 is 10.0 Å². The van der Waals surface area contributed by atoms with E-state index in [1.165, 1.54) is 10.5 Å². The van der Waals surface area contributed by atoms with Crippen molar-refractivity contribution < 1.29 is 9.90 Å². The first kappa shape index (κ1) is 10.9. The van der Waals surface area contributed by atoms with E-state index in [4.69, 9.17) is 5.11 Å². The minimum Gasteiger partial charge on any atom is -0.465 e. The van der Waals surface area contributed by atoms with Crippen LogP contribution in [0.3, 0.4) is 0 Å². The van der Waals surface area contributed by atoms with Gasteiger partial charge in [-0.05, 0) is 37.3 Å². The van der Waals surface area contributed by atoms with Gasteiger partial charge in [0.15, 0.2) is 0 Å². The summed E-state index contributed by atoms with van der Waals surface area (Å²) in [4.78, 5) is 16.6. The fraction of sp³-hybridized carbons (Fsp3) is 0.500. The number of nitrogens with zero attached hydrogens (tertiary/aromatic N) is 2. The summed E-state index contributed by atoms with van der Waals surface area (Å²) in [5.74, 6) is 0.444. The Kier molecular flexibility index (Phi) is 3.08. The van der Waals surface area contributed by atoms with Gasteiger partial charge >= 0.3 is 6.09 Å². The number of pyridine rings is 1. The molecule has 1 aliphatic rings. The lowest BCUT2D eigenvalue weighted by Crippen LogP contribution is -2.43. The summed E-state index contributed by atoms with van der Waals surface area (Å²) in [6, 6.07) is 4.10. The first-order valence-electron chi connectivity index (χ1n) is 5.58. The fourth-order valence-electron chi connectivity index (χ4n) is 2.38. The van der Waals surface area contributed by atoms with Crippen molar-refractivity contribution >= 4 is 6.09 Å². The van der Waals surface area contributed by atoms with Crippen LogP contribution in [0.5, 0.6) is 0 Å². The van der Waals surface area contributed by atoms with E-state index in [1.807, 2.05) is 19.2 Å². The van der Waals surface area contributed by atoms with Gasteiger partial charge in [0.2, 0.25) is 0 Å². The van der Waals surface area contributed by atoms with Crippen molar-refractivity contribution in [2.45, 2.75) is 31.7 Å². The number of carbonyl (C=O) groups is 1. The monoisotopic (exact) mass is 220 g/mol. The molecular weight excluding hydrogens is 204 g/mol. The van der Waals surface area contributed by atoms with Gasteiger partial charge in [-0.1, -0.05) is 6.07 Å². The van der Waals surface area contributed by atoms with Crippen molar-refractivity contribution in [1.82, 2.24) is 9.88 Å². The summed E-state index contributed by atoms with van der Waals surface area (Å²) in [6.45, 7) is 2.59. The Morgan fingerprint density at radius 3 is 3.00 bits per heavy atom. The molecule has 4 heteroatoms. The molecule has 1 fully saturated rings.